The van der Waals surface area contributed by atoms with E-state index in [-0.39, 0.29) is 0 Å². The summed E-state index contributed by atoms with van der Waals surface area (Å²) in [7, 11) is 4.72. The summed E-state index contributed by atoms with van der Waals surface area (Å²) in [5, 5.41) is 8.00. The molecule has 5 nitrogen and oxygen atoms in total. The van der Waals surface area contributed by atoms with Crippen molar-refractivity contribution in [1.82, 2.24) is 0 Å². The first-order valence-electron chi connectivity index (χ1n) is 7.36. The highest BCUT2D eigenvalue weighted by Gasteiger charge is 2.12. The fraction of sp³-hybridized carbons (Fsp3) is 0.158. The van der Waals surface area contributed by atoms with Crippen LogP contribution < -0.4 is 14.2 Å². The Morgan fingerprint density at radius 2 is 1.46 bits per heavy atom. The summed E-state index contributed by atoms with van der Waals surface area (Å²) in [5.74, 6) is 1.70. The first-order valence-corrected chi connectivity index (χ1v) is 7.36. The lowest BCUT2D eigenvalue weighted by molar-refractivity contribution is 0.324. The van der Waals surface area contributed by atoms with Gasteiger partial charge in [-0.1, -0.05) is 36.4 Å². The van der Waals surface area contributed by atoms with Crippen LogP contribution in [0, 0.1) is 0 Å². The van der Waals surface area contributed by atoms with E-state index in [2.05, 4.69) is 10.2 Å². The molecule has 0 aliphatic heterocycles. The Morgan fingerprint density at radius 3 is 2.04 bits per heavy atom. The highest BCUT2D eigenvalue weighted by Crippen LogP contribution is 2.37. The molecular weight excluding hydrogens is 304 g/mol. The van der Waals surface area contributed by atoms with Crippen LogP contribution in [0.5, 0.6) is 17.2 Å². The van der Waals surface area contributed by atoms with Gasteiger partial charge < -0.3 is 14.2 Å². The highest BCUT2D eigenvalue weighted by atomic mass is 16.5. The van der Waals surface area contributed by atoms with Crippen molar-refractivity contribution in [2.45, 2.75) is 0 Å². The molecule has 0 radical (unpaired) electrons. The van der Waals surface area contributed by atoms with Gasteiger partial charge in [-0.3, -0.25) is 0 Å². The van der Waals surface area contributed by atoms with Gasteiger partial charge in [-0.2, -0.15) is 10.2 Å². The van der Waals surface area contributed by atoms with Gasteiger partial charge in [0, 0.05) is 11.8 Å². The molecule has 2 rings (SSSR count). The van der Waals surface area contributed by atoms with Crippen LogP contribution in [0.4, 0.5) is 0 Å². The molecule has 0 aliphatic carbocycles. The van der Waals surface area contributed by atoms with Crippen molar-refractivity contribution in [3.8, 4) is 17.2 Å². The number of ether oxygens (including phenoxy) is 3. The molecular formula is C19H20N2O3. The first-order chi connectivity index (χ1) is 11.8. The molecule has 0 heterocycles. The Kier molecular flexibility index (Phi) is 6.58. The SMILES string of the molecule is COc1cc(/C=N/N=C/C=C\c2ccccc2)cc(OC)c1OC. The summed E-state index contributed by atoms with van der Waals surface area (Å²) in [5.41, 5.74) is 1.91. The molecule has 0 spiro atoms. The quantitative estimate of drug-likeness (QED) is 0.574. The molecule has 2 aromatic carbocycles. The van der Waals surface area contributed by atoms with Crippen molar-refractivity contribution in [2.75, 3.05) is 21.3 Å². The predicted molar refractivity (Wildman–Crippen MR) is 97.7 cm³/mol. The predicted octanol–water partition coefficient (Wildman–Crippen LogP) is 3.83. The van der Waals surface area contributed by atoms with Crippen LogP contribution in [0.15, 0.2) is 58.7 Å². The first kappa shape index (κ1) is 17.3. The van der Waals surface area contributed by atoms with Gasteiger partial charge in [-0.25, -0.2) is 0 Å². The van der Waals surface area contributed by atoms with E-state index in [0.29, 0.717) is 17.2 Å². The van der Waals surface area contributed by atoms with Crippen molar-refractivity contribution in [2.24, 2.45) is 10.2 Å². The third kappa shape index (κ3) is 4.71. The Morgan fingerprint density at radius 1 is 0.792 bits per heavy atom. The van der Waals surface area contributed by atoms with E-state index >= 15 is 0 Å². The molecule has 0 atom stereocenters. The highest BCUT2D eigenvalue weighted by molar-refractivity contribution is 5.83. The third-order valence-corrected chi connectivity index (χ3v) is 3.20. The normalized spacial score (nSPS) is 11.5. The summed E-state index contributed by atoms with van der Waals surface area (Å²) < 4.78 is 15.9. The Balaban J connectivity index is 2.06. The van der Waals surface area contributed by atoms with Crippen molar-refractivity contribution < 1.29 is 14.2 Å². The lowest BCUT2D eigenvalue weighted by Gasteiger charge is -2.12. The van der Waals surface area contributed by atoms with Crippen LogP contribution >= 0.6 is 0 Å². The molecule has 24 heavy (non-hydrogen) atoms. The van der Waals surface area contributed by atoms with Crippen molar-refractivity contribution in [1.29, 1.82) is 0 Å². The summed E-state index contributed by atoms with van der Waals surface area (Å²) in [6.45, 7) is 0. The number of hydrogen-bond acceptors (Lipinski definition) is 5. The zero-order valence-electron chi connectivity index (χ0n) is 14.0. The fourth-order valence-corrected chi connectivity index (χ4v) is 2.07. The molecule has 0 saturated heterocycles. The molecule has 0 aromatic heterocycles. The van der Waals surface area contributed by atoms with Crippen LogP contribution in [0.1, 0.15) is 11.1 Å². The Hall–Kier alpha value is -3.08. The minimum Gasteiger partial charge on any atom is -0.493 e. The topological polar surface area (TPSA) is 52.4 Å². The van der Waals surface area contributed by atoms with Gasteiger partial charge in [0.1, 0.15) is 0 Å². The van der Waals surface area contributed by atoms with Crippen LogP contribution in [-0.4, -0.2) is 33.8 Å². The molecule has 0 N–H and O–H groups in total. The van der Waals surface area contributed by atoms with E-state index < -0.39 is 0 Å². The monoisotopic (exact) mass is 324 g/mol. The lowest BCUT2D eigenvalue weighted by atomic mass is 10.2. The molecule has 0 amide bonds. The van der Waals surface area contributed by atoms with E-state index in [1.54, 1.807) is 45.9 Å². The van der Waals surface area contributed by atoms with Gasteiger partial charge in [0.25, 0.3) is 0 Å². The molecule has 0 saturated carbocycles. The maximum absolute atomic E-state index is 5.30. The second kappa shape index (κ2) is 9.15. The minimum atomic E-state index is 0.548. The van der Waals surface area contributed by atoms with Crippen LogP contribution in [0.25, 0.3) is 6.08 Å². The average Bonchev–Trinajstić information content (AvgIpc) is 2.64. The zero-order chi connectivity index (χ0) is 17.2. The van der Waals surface area contributed by atoms with Gasteiger partial charge in [0.05, 0.1) is 27.5 Å². The Bertz CT molecular complexity index is 713. The van der Waals surface area contributed by atoms with Crippen LogP contribution in [0.2, 0.25) is 0 Å². The van der Waals surface area contributed by atoms with Crippen LogP contribution in [0.3, 0.4) is 0 Å². The van der Waals surface area contributed by atoms with Crippen molar-refractivity contribution in [3.63, 3.8) is 0 Å². The van der Waals surface area contributed by atoms with E-state index in [0.717, 1.165) is 11.1 Å². The number of allylic oxidation sites excluding steroid dienone is 1. The van der Waals surface area contributed by atoms with Gasteiger partial charge in [-0.15, -0.1) is 0 Å². The maximum atomic E-state index is 5.30. The van der Waals surface area contributed by atoms with Gasteiger partial charge in [0.15, 0.2) is 11.5 Å². The van der Waals surface area contributed by atoms with E-state index in [1.807, 2.05) is 42.5 Å². The summed E-state index contributed by atoms with van der Waals surface area (Å²) in [6, 6.07) is 13.6. The second-order valence-corrected chi connectivity index (χ2v) is 4.74. The number of hydrogen-bond donors (Lipinski definition) is 0. The van der Waals surface area contributed by atoms with Crippen LogP contribution in [-0.2, 0) is 0 Å². The molecule has 124 valence electrons. The van der Waals surface area contributed by atoms with E-state index in [4.69, 9.17) is 14.2 Å². The fourth-order valence-electron chi connectivity index (χ4n) is 2.07. The number of rotatable bonds is 7. The number of nitrogens with zero attached hydrogens (tertiary/aromatic N) is 2. The van der Waals surface area contributed by atoms with Gasteiger partial charge in [-0.05, 0) is 23.8 Å². The summed E-state index contributed by atoms with van der Waals surface area (Å²) in [4.78, 5) is 0. The molecule has 0 bridgehead atoms. The van der Waals surface area contributed by atoms with Crippen molar-refractivity contribution in [3.05, 3.63) is 59.7 Å². The molecule has 0 aliphatic rings. The minimum absolute atomic E-state index is 0.548. The summed E-state index contributed by atoms with van der Waals surface area (Å²) in [6.07, 6.45) is 7.04. The lowest BCUT2D eigenvalue weighted by Crippen LogP contribution is -1.96. The second-order valence-electron chi connectivity index (χ2n) is 4.74. The Labute approximate surface area is 141 Å². The molecule has 5 heteroatoms. The molecule has 0 fully saturated rings. The zero-order valence-corrected chi connectivity index (χ0v) is 14.0. The van der Waals surface area contributed by atoms with Gasteiger partial charge in [0.2, 0.25) is 5.75 Å². The molecule has 0 unspecified atom stereocenters. The third-order valence-electron chi connectivity index (χ3n) is 3.20. The standard InChI is InChI=1S/C19H20N2O3/c1-22-17-12-16(13-18(23-2)19(17)24-3)14-21-20-11-7-10-15-8-5-4-6-9-15/h4-14H,1-3H3/b10-7-,20-11+,21-14+. The van der Waals surface area contributed by atoms with E-state index in [9.17, 15) is 0 Å². The van der Waals surface area contributed by atoms with E-state index in [1.165, 1.54) is 0 Å². The smallest absolute Gasteiger partial charge is 0.203 e. The molecule has 2 aromatic rings. The largest absolute Gasteiger partial charge is 0.493 e. The average molecular weight is 324 g/mol. The number of methoxy groups -OCH3 is 3. The van der Waals surface area contributed by atoms with Gasteiger partial charge >= 0.3 is 0 Å². The maximum Gasteiger partial charge on any atom is 0.203 e. The summed E-state index contributed by atoms with van der Waals surface area (Å²) >= 11 is 0. The van der Waals surface area contributed by atoms with Crippen molar-refractivity contribution >= 4 is 18.5 Å². The number of benzene rings is 2.